The topological polar surface area (TPSA) is 86.3 Å². The number of fused-ring (bicyclic) bond motifs is 1. The van der Waals surface area contributed by atoms with Crippen molar-refractivity contribution in [2.45, 2.75) is 6.42 Å². The number of nitrogens with zero attached hydrogens (tertiary/aromatic N) is 1. The van der Waals surface area contributed by atoms with Gasteiger partial charge in [0, 0.05) is 30.8 Å². The summed E-state index contributed by atoms with van der Waals surface area (Å²) in [5, 5.41) is 2.85. The van der Waals surface area contributed by atoms with Gasteiger partial charge in [0.15, 0.2) is 11.5 Å². The SMILES string of the molecule is COc1ccc(NC(=O)[C@@H]2CC(=O)N(c3ccc4c(c3)OCCO4)C2)c(OC)c1. The zero-order valence-corrected chi connectivity index (χ0v) is 16.3. The minimum atomic E-state index is -0.470. The lowest BCUT2D eigenvalue weighted by Gasteiger charge is -2.22. The standard InChI is InChI=1S/C21H22N2O6/c1-26-15-4-5-16(18(11-15)27-2)22-21(25)13-9-20(24)23(12-13)14-3-6-17-19(10-14)29-8-7-28-17/h3-6,10-11,13H,7-9,12H2,1-2H3,(H,22,25)/t13-/m1/s1. The monoisotopic (exact) mass is 398 g/mol. The van der Waals surface area contributed by atoms with Gasteiger partial charge in [0.2, 0.25) is 11.8 Å². The molecule has 29 heavy (non-hydrogen) atoms. The fourth-order valence-electron chi connectivity index (χ4n) is 3.47. The number of carbonyl (C=O) groups is 2. The molecule has 0 aromatic heterocycles. The zero-order chi connectivity index (χ0) is 20.4. The average Bonchev–Trinajstić information content (AvgIpc) is 3.15. The average molecular weight is 398 g/mol. The Hall–Kier alpha value is -3.42. The fraction of sp³-hybridized carbons (Fsp3) is 0.333. The van der Waals surface area contributed by atoms with Crippen LogP contribution < -0.4 is 29.2 Å². The smallest absolute Gasteiger partial charge is 0.229 e. The van der Waals surface area contributed by atoms with Crippen molar-refractivity contribution in [3.63, 3.8) is 0 Å². The highest BCUT2D eigenvalue weighted by molar-refractivity contribution is 6.04. The molecule has 2 aliphatic heterocycles. The van der Waals surface area contributed by atoms with Gasteiger partial charge in [0.05, 0.1) is 25.8 Å². The van der Waals surface area contributed by atoms with Crippen LogP contribution in [0.15, 0.2) is 36.4 Å². The van der Waals surface area contributed by atoms with E-state index in [9.17, 15) is 9.59 Å². The second kappa shape index (κ2) is 7.90. The van der Waals surface area contributed by atoms with Crippen molar-refractivity contribution in [2.24, 2.45) is 5.92 Å². The zero-order valence-electron chi connectivity index (χ0n) is 16.3. The number of anilines is 2. The Morgan fingerprint density at radius 1 is 1.07 bits per heavy atom. The first-order valence-corrected chi connectivity index (χ1v) is 9.32. The number of benzene rings is 2. The summed E-state index contributed by atoms with van der Waals surface area (Å²) < 4.78 is 21.6. The Labute approximate surface area is 168 Å². The molecule has 2 amide bonds. The van der Waals surface area contributed by atoms with Crippen LogP contribution in [0.3, 0.4) is 0 Å². The summed E-state index contributed by atoms with van der Waals surface area (Å²) in [5.41, 5.74) is 1.22. The van der Waals surface area contributed by atoms with E-state index in [1.54, 1.807) is 48.4 Å². The van der Waals surface area contributed by atoms with Crippen LogP contribution in [0.1, 0.15) is 6.42 Å². The summed E-state index contributed by atoms with van der Waals surface area (Å²) in [6, 6.07) is 10.5. The summed E-state index contributed by atoms with van der Waals surface area (Å²) in [6.07, 6.45) is 0.138. The quantitative estimate of drug-likeness (QED) is 0.833. The van der Waals surface area contributed by atoms with E-state index in [0.29, 0.717) is 54.1 Å². The number of nitrogens with one attached hydrogen (secondary N) is 1. The van der Waals surface area contributed by atoms with Crippen LogP contribution in [0.4, 0.5) is 11.4 Å². The van der Waals surface area contributed by atoms with Gasteiger partial charge in [-0.3, -0.25) is 9.59 Å². The van der Waals surface area contributed by atoms with Crippen LogP contribution in [0.25, 0.3) is 0 Å². The highest BCUT2D eigenvalue weighted by atomic mass is 16.6. The summed E-state index contributed by atoms with van der Waals surface area (Å²) in [7, 11) is 3.08. The van der Waals surface area contributed by atoms with Crippen LogP contribution in [-0.4, -0.2) is 45.8 Å². The molecule has 1 saturated heterocycles. The summed E-state index contributed by atoms with van der Waals surface area (Å²) in [5.74, 6) is 1.57. The second-order valence-corrected chi connectivity index (χ2v) is 6.79. The first kappa shape index (κ1) is 18.9. The van der Waals surface area contributed by atoms with E-state index in [4.69, 9.17) is 18.9 Å². The van der Waals surface area contributed by atoms with E-state index in [-0.39, 0.29) is 18.2 Å². The number of amides is 2. The molecule has 2 aromatic carbocycles. The molecule has 1 atom stereocenters. The lowest BCUT2D eigenvalue weighted by Crippen LogP contribution is -2.28. The fourth-order valence-corrected chi connectivity index (χ4v) is 3.47. The van der Waals surface area contributed by atoms with E-state index >= 15 is 0 Å². The molecule has 0 spiro atoms. The molecule has 1 N–H and O–H groups in total. The predicted octanol–water partition coefficient (Wildman–Crippen LogP) is 2.47. The maximum Gasteiger partial charge on any atom is 0.229 e. The van der Waals surface area contributed by atoms with Crippen molar-refractivity contribution >= 4 is 23.2 Å². The molecule has 0 bridgehead atoms. The summed E-state index contributed by atoms with van der Waals surface area (Å²) in [6.45, 7) is 1.27. The van der Waals surface area contributed by atoms with E-state index in [0.717, 1.165) is 0 Å². The van der Waals surface area contributed by atoms with Gasteiger partial charge >= 0.3 is 0 Å². The molecule has 2 heterocycles. The van der Waals surface area contributed by atoms with Gasteiger partial charge in [-0.2, -0.15) is 0 Å². The number of hydrogen-bond acceptors (Lipinski definition) is 6. The highest BCUT2D eigenvalue weighted by Crippen LogP contribution is 2.36. The normalized spacial score (nSPS) is 17.8. The largest absolute Gasteiger partial charge is 0.497 e. The minimum absolute atomic E-state index is 0.108. The van der Waals surface area contributed by atoms with Crippen LogP contribution in [0, 0.1) is 5.92 Å². The van der Waals surface area contributed by atoms with Gasteiger partial charge in [-0.25, -0.2) is 0 Å². The maximum atomic E-state index is 12.8. The van der Waals surface area contributed by atoms with Gasteiger partial charge in [-0.15, -0.1) is 0 Å². The van der Waals surface area contributed by atoms with Crippen LogP contribution in [0.2, 0.25) is 0 Å². The van der Waals surface area contributed by atoms with Gasteiger partial charge in [0.25, 0.3) is 0 Å². The molecule has 1 fully saturated rings. The van der Waals surface area contributed by atoms with Crippen LogP contribution in [0.5, 0.6) is 23.0 Å². The molecule has 8 heteroatoms. The van der Waals surface area contributed by atoms with Crippen molar-refractivity contribution in [3.05, 3.63) is 36.4 Å². The van der Waals surface area contributed by atoms with Crippen molar-refractivity contribution in [3.8, 4) is 23.0 Å². The first-order valence-electron chi connectivity index (χ1n) is 9.32. The van der Waals surface area contributed by atoms with E-state index < -0.39 is 5.92 Å². The molecule has 0 radical (unpaired) electrons. The molecule has 152 valence electrons. The molecule has 8 nitrogen and oxygen atoms in total. The molecule has 0 saturated carbocycles. The molecule has 0 aliphatic carbocycles. The minimum Gasteiger partial charge on any atom is -0.497 e. The Kier molecular flexibility index (Phi) is 5.16. The van der Waals surface area contributed by atoms with Gasteiger partial charge in [0.1, 0.15) is 24.7 Å². The Balaban J connectivity index is 1.47. The Bertz CT molecular complexity index is 945. The summed E-state index contributed by atoms with van der Waals surface area (Å²) >= 11 is 0. The molecule has 2 aromatic rings. The van der Waals surface area contributed by atoms with Crippen molar-refractivity contribution < 1.29 is 28.5 Å². The molecular formula is C21H22N2O6. The second-order valence-electron chi connectivity index (χ2n) is 6.79. The van der Waals surface area contributed by atoms with Gasteiger partial charge in [-0.05, 0) is 24.3 Å². The highest BCUT2D eigenvalue weighted by Gasteiger charge is 2.36. The number of carbonyl (C=O) groups excluding carboxylic acids is 2. The molecule has 4 rings (SSSR count). The van der Waals surface area contributed by atoms with Crippen molar-refractivity contribution in [1.82, 2.24) is 0 Å². The summed E-state index contributed by atoms with van der Waals surface area (Å²) in [4.78, 5) is 26.9. The number of rotatable bonds is 5. The predicted molar refractivity (Wildman–Crippen MR) is 106 cm³/mol. The van der Waals surface area contributed by atoms with Crippen molar-refractivity contribution in [2.75, 3.05) is 44.2 Å². The van der Waals surface area contributed by atoms with Gasteiger partial charge < -0.3 is 29.2 Å². The third-order valence-electron chi connectivity index (χ3n) is 5.00. The third kappa shape index (κ3) is 3.78. The van der Waals surface area contributed by atoms with Crippen molar-refractivity contribution in [1.29, 1.82) is 0 Å². The molecule has 0 unspecified atom stereocenters. The van der Waals surface area contributed by atoms with E-state index in [1.165, 1.54) is 7.11 Å². The number of methoxy groups -OCH3 is 2. The van der Waals surface area contributed by atoms with Crippen LogP contribution >= 0.6 is 0 Å². The molecule has 2 aliphatic rings. The van der Waals surface area contributed by atoms with E-state index in [1.807, 2.05) is 0 Å². The Morgan fingerprint density at radius 3 is 2.62 bits per heavy atom. The van der Waals surface area contributed by atoms with Crippen LogP contribution in [-0.2, 0) is 9.59 Å². The molecular weight excluding hydrogens is 376 g/mol. The van der Waals surface area contributed by atoms with E-state index in [2.05, 4.69) is 5.32 Å². The number of ether oxygens (including phenoxy) is 4. The lowest BCUT2D eigenvalue weighted by molar-refractivity contribution is -0.122. The maximum absolute atomic E-state index is 12.8. The van der Waals surface area contributed by atoms with Gasteiger partial charge in [-0.1, -0.05) is 0 Å². The number of hydrogen-bond donors (Lipinski definition) is 1. The lowest BCUT2D eigenvalue weighted by atomic mass is 10.1. The Morgan fingerprint density at radius 2 is 1.86 bits per heavy atom. The first-order chi connectivity index (χ1) is 14.1. The third-order valence-corrected chi connectivity index (χ3v) is 5.00.